The van der Waals surface area contributed by atoms with Crippen LogP contribution in [0, 0.1) is 5.82 Å². The molecular weight excluding hydrogens is 302 g/mol. The Labute approximate surface area is 125 Å². The Kier molecular flexibility index (Phi) is 3.87. The zero-order valence-corrected chi connectivity index (χ0v) is 12.0. The van der Waals surface area contributed by atoms with Gasteiger partial charge in [0.2, 0.25) is 0 Å². The minimum atomic E-state index is -0.321. The van der Waals surface area contributed by atoms with Crippen molar-refractivity contribution in [3.8, 4) is 11.1 Å². The van der Waals surface area contributed by atoms with Gasteiger partial charge in [0.15, 0.2) is 5.82 Å². The van der Waals surface area contributed by atoms with Gasteiger partial charge in [0.25, 0.3) is 0 Å². The van der Waals surface area contributed by atoms with Gasteiger partial charge in [-0.15, -0.1) is 0 Å². The van der Waals surface area contributed by atoms with E-state index in [1.807, 2.05) is 0 Å². The number of hydrogen-bond acceptors (Lipinski definition) is 3. The van der Waals surface area contributed by atoms with Crippen LogP contribution >= 0.6 is 23.2 Å². The number of rotatable bonds is 2. The zero-order valence-electron chi connectivity index (χ0n) is 10.4. The van der Waals surface area contributed by atoms with Crippen LogP contribution in [0.4, 0.5) is 4.39 Å². The summed E-state index contributed by atoms with van der Waals surface area (Å²) in [4.78, 5) is 8.53. The molecule has 104 valence electrons. The predicted octanol–water partition coefficient (Wildman–Crippen LogP) is 4.44. The molecule has 1 fully saturated rings. The lowest BCUT2D eigenvalue weighted by Crippen LogP contribution is -2.04. The normalized spacial score (nSPS) is 18.4. The molecule has 3 nitrogen and oxygen atoms in total. The van der Waals surface area contributed by atoms with Crippen LogP contribution in [0.3, 0.4) is 0 Å². The number of nitrogens with zero attached hydrogens (tertiary/aromatic N) is 2. The first-order valence-corrected chi connectivity index (χ1v) is 7.01. The molecule has 0 amide bonds. The van der Waals surface area contributed by atoms with Crippen LogP contribution in [0.2, 0.25) is 10.3 Å². The molecule has 0 radical (unpaired) electrons. The van der Waals surface area contributed by atoms with E-state index in [9.17, 15) is 4.39 Å². The standard InChI is InChI=1S/C14H11Cl2FN2O/c15-12-11(8-3-5-9(17)6-4-8)13(16)19-14(18-12)10-2-1-7-20-10/h3-6,10H,1-2,7H2. The summed E-state index contributed by atoms with van der Waals surface area (Å²) in [7, 11) is 0. The third-order valence-corrected chi connectivity index (χ3v) is 3.74. The second-order valence-corrected chi connectivity index (χ2v) is 5.26. The lowest BCUT2D eigenvalue weighted by molar-refractivity contribution is 0.105. The Hall–Kier alpha value is -1.23. The van der Waals surface area contributed by atoms with Gasteiger partial charge in [-0.2, -0.15) is 0 Å². The van der Waals surface area contributed by atoms with Crippen LogP contribution in [0.1, 0.15) is 24.8 Å². The van der Waals surface area contributed by atoms with Crippen molar-refractivity contribution in [3.63, 3.8) is 0 Å². The maximum atomic E-state index is 13.0. The van der Waals surface area contributed by atoms with Gasteiger partial charge in [-0.05, 0) is 30.5 Å². The summed E-state index contributed by atoms with van der Waals surface area (Å²) in [6.07, 6.45) is 1.69. The van der Waals surface area contributed by atoms with E-state index in [1.54, 1.807) is 12.1 Å². The van der Waals surface area contributed by atoms with Gasteiger partial charge < -0.3 is 4.74 Å². The fraction of sp³-hybridized carbons (Fsp3) is 0.286. The maximum Gasteiger partial charge on any atom is 0.160 e. The van der Waals surface area contributed by atoms with Crippen molar-refractivity contribution in [2.75, 3.05) is 6.61 Å². The van der Waals surface area contributed by atoms with E-state index in [-0.39, 0.29) is 22.2 Å². The monoisotopic (exact) mass is 312 g/mol. The molecule has 0 spiro atoms. The van der Waals surface area contributed by atoms with Crippen LogP contribution in [0.15, 0.2) is 24.3 Å². The van der Waals surface area contributed by atoms with Crippen LogP contribution in [-0.2, 0) is 4.74 Å². The smallest absolute Gasteiger partial charge is 0.160 e. The molecule has 6 heteroatoms. The number of hydrogen-bond donors (Lipinski definition) is 0. The summed E-state index contributed by atoms with van der Waals surface area (Å²) < 4.78 is 18.5. The number of ether oxygens (including phenoxy) is 1. The molecule has 20 heavy (non-hydrogen) atoms. The van der Waals surface area contributed by atoms with E-state index in [0.717, 1.165) is 12.8 Å². The molecule has 2 heterocycles. The molecule has 1 unspecified atom stereocenters. The van der Waals surface area contributed by atoms with E-state index in [4.69, 9.17) is 27.9 Å². The summed E-state index contributed by atoms with van der Waals surface area (Å²) in [5, 5.41) is 0.504. The van der Waals surface area contributed by atoms with Crippen LogP contribution < -0.4 is 0 Å². The second kappa shape index (κ2) is 5.64. The molecule has 0 bridgehead atoms. The average Bonchev–Trinajstić information content (AvgIpc) is 2.94. The van der Waals surface area contributed by atoms with Crippen molar-refractivity contribution < 1.29 is 9.13 Å². The summed E-state index contributed by atoms with van der Waals surface area (Å²) in [5.74, 6) is 0.182. The van der Waals surface area contributed by atoms with E-state index in [0.29, 0.717) is 23.6 Å². The molecule has 0 saturated carbocycles. The Morgan fingerprint density at radius 1 is 1.10 bits per heavy atom. The van der Waals surface area contributed by atoms with Crippen molar-refractivity contribution in [1.29, 1.82) is 0 Å². The molecule has 1 saturated heterocycles. The highest BCUT2D eigenvalue weighted by atomic mass is 35.5. The minimum absolute atomic E-state index is 0.146. The highest BCUT2D eigenvalue weighted by Crippen LogP contribution is 2.35. The molecule has 1 aliphatic heterocycles. The number of benzene rings is 1. The SMILES string of the molecule is Fc1ccc(-c2c(Cl)nc(C3CCCO3)nc2Cl)cc1. The molecule has 1 aliphatic rings. The van der Waals surface area contributed by atoms with Gasteiger partial charge in [-0.3, -0.25) is 0 Å². The highest BCUT2D eigenvalue weighted by molar-refractivity contribution is 6.37. The minimum Gasteiger partial charge on any atom is -0.370 e. The van der Waals surface area contributed by atoms with Crippen molar-refractivity contribution >= 4 is 23.2 Å². The number of halogens is 3. The summed E-state index contributed by atoms with van der Waals surface area (Å²) in [6, 6.07) is 5.88. The van der Waals surface area contributed by atoms with Crippen LogP contribution in [0.5, 0.6) is 0 Å². The topological polar surface area (TPSA) is 35.0 Å². The highest BCUT2D eigenvalue weighted by Gasteiger charge is 2.23. The fourth-order valence-corrected chi connectivity index (χ4v) is 2.82. The number of aromatic nitrogens is 2. The van der Waals surface area contributed by atoms with Crippen LogP contribution in [0.25, 0.3) is 11.1 Å². The van der Waals surface area contributed by atoms with E-state index in [2.05, 4.69) is 9.97 Å². The Balaban J connectivity index is 2.02. The van der Waals surface area contributed by atoms with Crippen molar-refractivity contribution in [2.24, 2.45) is 0 Å². The largest absolute Gasteiger partial charge is 0.370 e. The second-order valence-electron chi connectivity index (χ2n) is 4.55. The van der Waals surface area contributed by atoms with Gasteiger partial charge in [0, 0.05) is 6.61 Å². The first-order chi connectivity index (χ1) is 9.65. The Morgan fingerprint density at radius 3 is 2.30 bits per heavy atom. The van der Waals surface area contributed by atoms with E-state index >= 15 is 0 Å². The molecule has 1 aromatic heterocycles. The third-order valence-electron chi connectivity index (χ3n) is 3.19. The van der Waals surface area contributed by atoms with Gasteiger partial charge in [-0.25, -0.2) is 14.4 Å². The molecular formula is C14H11Cl2FN2O. The molecule has 0 N–H and O–H groups in total. The third kappa shape index (κ3) is 2.64. The van der Waals surface area contributed by atoms with Crippen molar-refractivity contribution in [3.05, 3.63) is 46.2 Å². The first-order valence-electron chi connectivity index (χ1n) is 6.25. The van der Waals surface area contributed by atoms with Gasteiger partial charge >= 0.3 is 0 Å². The lowest BCUT2D eigenvalue weighted by atomic mass is 10.1. The quantitative estimate of drug-likeness (QED) is 0.769. The summed E-state index contributed by atoms with van der Waals surface area (Å²) in [5.41, 5.74) is 1.19. The summed E-state index contributed by atoms with van der Waals surface area (Å²) >= 11 is 12.4. The Bertz CT molecular complexity index is 605. The van der Waals surface area contributed by atoms with Crippen molar-refractivity contribution in [1.82, 2.24) is 9.97 Å². The molecule has 2 aromatic rings. The van der Waals surface area contributed by atoms with Gasteiger partial charge in [0.05, 0.1) is 5.56 Å². The molecule has 0 aliphatic carbocycles. The fourth-order valence-electron chi connectivity index (χ4n) is 2.20. The Morgan fingerprint density at radius 2 is 1.75 bits per heavy atom. The average molecular weight is 313 g/mol. The van der Waals surface area contributed by atoms with Crippen LogP contribution in [-0.4, -0.2) is 16.6 Å². The zero-order chi connectivity index (χ0) is 14.1. The van der Waals surface area contributed by atoms with E-state index < -0.39 is 0 Å². The van der Waals surface area contributed by atoms with Crippen molar-refractivity contribution in [2.45, 2.75) is 18.9 Å². The van der Waals surface area contributed by atoms with Gasteiger partial charge in [0.1, 0.15) is 22.2 Å². The first kappa shape index (κ1) is 13.7. The predicted molar refractivity (Wildman–Crippen MR) is 75.4 cm³/mol. The van der Waals surface area contributed by atoms with E-state index in [1.165, 1.54) is 12.1 Å². The lowest BCUT2D eigenvalue weighted by Gasteiger charge is -2.12. The molecule has 3 rings (SSSR count). The molecule has 1 atom stereocenters. The maximum absolute atomic E-state index is 13.0. The van der Waals surface area contributed by atoms with Gasteiger partial charge in [-0.1, -0.05) is 35.3 Å². The summed E-state index contributed by atoms with van der Waals surface area (Å²) in [6.45, 7) is 0.697. The molecule has 1 aromatic carbocycles.